The molecule has 2 saturated heterocycles. The highest BCUT2D eigenvalue weighted by molar-refractivity contribution is 6.10. The number of carbonyl (C=O) groups excluding carboxylic acids is 1. The number of ether oxygens (including phenoxy) is 1. The standard InChI is InChI=1S/C24H35N7O3/c32-23(27-8-2-12-30-13-10-26-11-14-30)17-4-5-20-19(15-17)28-22-21(34-20)16-31(24(33)29-22)18-3-1-7-25-9-6-18/h4-5,15-16,18,24-26,33H,1-3,6-14H2,(H,27,32)(H,28,29). The van der Waals surface area contributed by atoms with Crippen LogP contribution in [0.5, 0.6) is 5.75 Å². The van der Waals surface area contributed by atoms with E-state index in [2.05, 4.69) is 31.2 Å². The fourth-order valence-electron chi connectivity index (χ4n) is 4.92. The molecule has 1 aromatic rings. The van der Waals surface area contributed by atoms with E-state index in [4.69, 9.17) is 4.74 Å². The summed E-state index contributed by atoms with van der Waals surface area (Å²) in [4.78, 5) is 21.4. The Balaban J connectivity index is 1.19. The van der Waals surface area contributed by atoms with Crippen molar-refractivity contribution in [1.29, 1.82) is 0 Å². The molecule has 2 fully saturated rings. The van der Waals surface area contributed by atoms with Gasteiger partial charge in [0.2, 0.25) is 6.35 Å². The van der Waals surface area contributed by atoms with E-state index < -0.39 is 6.35 Å². The van der Waals surface area contributed by atoms with Crippen LogP contribution in [0.15, 0.2) is 35.2 Å². The first-order valence-corrected chi connectivity index (χ1v) is 12.4. The van der Waals surface area contributed by atoms with Crippen LogP contribution in [0.25, 0.3) is 0 Å². The molecule has 10 nitrogen and oxygen atoms in total. The zero-order valence-electron chi connectivity index (χ0n) is 19.6. The number of rotatable bonds is 6. The van der Waals surface area contributed by atoms with Gasteiger partial charge in [0.05, 0.1) is 11.9 Å². The van der Waals surface area contributed by atoms with Crippen molar-refractivity contribution in [3.05, 3.63) is 35.7 Å². The minimum Gasteiger partial charge on any atom is -0.450 e. The number of benzene rings is 1. The fraction of sp³-hybridized carbons (Fsp3) is 0.583. The van der Waals surface area contributed by atoms with E-state index in [-0.39, 0.29) is 11.9 Å². The van der Waals surface area contributed by atoms with E-state index in [1.54, 1.807) is 18.2 Å². The molecular weight excluding hydrogens is 434 g/mol. The third kappa shape index (κ3) is 5.35. The molecule has 0 bridgehead atoms. The number of nitrogens with zero attached hydrogens (tertiary/aromatic N) is 3. The van der Waals surface area contributed by atoms with Crippen molar-refractivity contribution in [3.8, 4) is 5.75 Å². The number of amidine groups is 1. The predicted molar refractivity (Wildman–Crippen MR) is 131 cm³/mol. The number of hydrogen-bond donors (Lipinski definition) is 5. The number of aliphatic imine (C=N–C) groups is 1. The smallest absolute Gasteiger partial charge is 0.251 e. The Bertz CT molecular complexity index is 936. The van der Waals surface area contributed by atoms with Crippen molar-refractivity contribution in [3.63, 3.8) is 0 Å². The van der Waals surface area contributed by atoms with Gasteiger partial charge in [0.1, 0.15) is 0 Å². The second kappa shape index (κ2) is 10.7. The Morgan fingerprint density at radius 2 is 2.03 bits per heavy atom. The summed E-state index contributed by atoms with van der Waals surface area (Å²) in [5.74, 6) is 1.60. The van der Waals surface area contributed by atoms with E-state index in [1.807, 2.05) is 11.1 Å². The highest BCUT2D eigenvalue weighted by Gasteiger charge is 2.32. The molecule has 0 saturated carbocycles. The Morgan fingerprint density at radius 3 is 2.91 bits per heavy atom. The van der Waals surface area contributed by atoms with E-state index >= 15 is 0 Å². The highest BCUT2D eigenvalue weighted by Crippen LogP contribution is 2.34. The molecular formula is C24H35N7O3. The molecule has 4 aliphatic heterocycles. The second-order valence-electron chi connectivity index (χ2n) is 9.24. The van der Waals surface area contributed by atoms with Crippen molar-refractivity contribution in [2.75, 3.05) is 57.7 Å². The van der Waals surface area contributed by atoms with Crippen LogP contribution in [-0.4, -0.2) is 91.4 Å². The molecule has 2 atom stereocenters. The number of nitrogens with one attached hydrogen (secondary N) is 4. The average molecular weight is 470 g/mol. The molecule has 5 rings (SSSR count). The van der Waals surface area contributed by atoms with E-state index in [0.29, 0.717) is 35.1 Å². The van der Waals surface area contributed by atoms with Crippen LogP contribution in [0, 0.1) is 0 Å². The maximum absolute atomic E-state index is 12.7. The molecule has 4 aliphatic rings. The lowest BCUT2D eigenvalue weighted by atomic mass is 10.1. The number of anilines is 1. The number of piperazine rings is 1. The van der Waals surface area contributed by atoms with Crippen molar-refractivity contribution in [1.82, 2.24) is 25.8 Å². The molecule has 10 heteroatoms. The van der Waals surface area contributed by atoms with Gasteiger partial charge in [0.25, 0.3) is 5.91 Å². The number of amides is 1. The number of aliphatic hydroxyl groups excluding tert-OH is 1. The number of hydrogen-bond acceptors (Lipinski definition) is 9. The summed E-state index contributed by atoms with van der Waals surface area (Å²) in [6.45, 7) is 7.76. The maximum Gasteiger partial charge on any atom is 0.251 e. The maximum atomic E-state index is 12.7. The molecule has 5 N–H and O–H groups in total. The molecule has 0 aliphatic carbocycles. The summed E-state index contributed by atoms with van der Waals surface area (Å²) in [6, 6.07) is 5.57. The van der Waals surface area contributed by atoms with Gasteiger partial charge in [0.15, 0.2) is 17.3 Å². The summed E-state index contributed by atoms with van der Waals surface area (Å²) in [5.41, 5.74) is 1.23. The van der Waals surface area contributed by atoms with Gasteiger partial charge < -0.3 is 40.9 Å². The highest BCUT2D eigenvalue weighted by atomic mass is 16.5. The third-order valence-electron chi connectivity index (χ3n) is 6.84. The molecule has 1 amide bonds. The van der Waals surface area contributed by atoms with Crippen molar-refractivity contribution in [2.24, 2.45) is 4.99 Å². The second-order valence-corrected chi connectivity index (χ2v) is 9.24. The first kappa shape index (κ1) is 23.1. The monoisotopic (exact) mass is 469 g/mol. The van der Waals surface area contributed by atoms with Gasteiger partial charge in [-0.05, 0) is 63.5 Å². The fourth-order valence-corrected chi connectivity index (χ4v) is 4.92. The van der Waals surface area contributed by atoms with Gasteiger partial charge in [-0.3, -0.25) is 4.79 Å². The summed E-state index contributed by atoms with van der Waals surface area (Å²) in [6.07, 6.45) is 4.84. The van der Waals surface area contributed by atoms with Gasteiger partial charge in [-0.15, -0.1) is 0 Å². The van der Waals surface area contributed by atoms with Crippen LogP contribution in [0.4, 0.5) is 5.69 Å². The van der Waals surface area contributed by atoms with Crippen LogP contribution in [0.1, 0.15) is 36.0 Å². The van der Waals surface area contributed by atoms with E-state index in [0.717, 1.165) is 71.5 Å². The normalized spacial score (nSPS) is 25.0. The Hall–Kier alpha value is -2.66. The zero-order valence-corrected chi connectivity index (χ0v) is 19.6. The van der Waals surface area contributed by atoms with E-state index in [9.17, 15) is 9.90 Å². The quantitative estimate of drug-likeness (QED) is 0.383. The van der Waals surface area contributed by atoms with Crippen LogP contribution in [-0.2, 0) is 0 Å². The Labute approximate surface area is 200 Å². The van der Waals surface area contributed by atoms with Gasteiger partial charge in [-0.25, -0.2) is 4.99 Å². The lowest BCUT2D eigenvalue weighted by Gasteiger charge is -2.37. The summed E-state index contributed by atoms with van der Waals surface area (Å²) < 4.78 is 6.09. The van der Waals surface area contributed by atoms with Crippen molar-refractivity contribution < 1.29 is 14.6 Å². The number of aliphatic hydroxyl groups is 1. The number of carbonyl (C=O) groups is 1. The zero-order chi connectivity index (χ0) is 23.3. The summed E-state index contributed by atoms with van der Waals surface area (Å²) in [5, 5.41) is 23.7. The van der Waals surface area contributed by atoms with Gasteiger partial charge in [-0.2, -0.15) is 0 Å². The van der Waals surface area contributed by atoms with Crippen LogP contribution in [0.3, 0.4) is 0 Å². The lowest BCUT2D eigenvalue weighted by molar-refractivity contribution is 0.00940. The average Bonchev–Trinajstić information content (AvgIpc) is 3.15. The molecule has 4 heterocycles. The Morgan fingerprint density at radius 1 is 1.18 bits per heavy atom. The largest absolute Gasteiger partial charge is 0.450 e. The van der Waals surface area contributed by atoms with Crippen LogP contribution < -0.4 is 26.0 Å². The van der Waals surface area contributed by atoms with Crippen molar-refractivity contribution in [2.45, 2.75) is 38.1 Å². The van der Waals surface area contributed by atoms with E-state index in [1.165, 1.54) is 0 Å². The van der Waals surface area contributed by atoms with Crippen molar-refractivity contribution >= 4 is 17.4 Å². The summed E-state index contributed by atoms with van der Waals surface area (Å²) in [7, 11) is 0. The first-order valence-electron chi connectivity index (χ1n) is 12.4. The molecule has 1 aromatic carbocycles. The topological polar surface area (TPSA) is 113 Å². The molecule has 0 spiro atoms. The minimum atomic E-state index is -0.957. The van der Waals surface area contributed by atoms with Crippen LogP contribution >= 0.6 is 0 Å². The predicted octanol–water partition coefficient (Wildman–Crippen LogP) is 0.490. The lowest BCUT2D eigenvalue weighted by Crippen LogP contribution is -2.44. The number of fused-ring (bicyclic) bond motifs is 2. The van der Waals surface area contributed by atoms with Gasteiger partial charge >= 0.3 is 0 Å². The third-order valence-corrected chi connectivity index (χ3v) is 6.84. The SMILES string of the molecule is O=C(NCCCN1CCNCC1)c1ccc2c(c1)NC1=NC(O)N(C3CCCNCC3)C=C1O2. The van der Waals surface area contributed by atoms with Crippen LogP contribution in [0.2, 0.25) is 0 Å². The summed E-state index contributed by atoms with van der Waals surface area (Å²) >= 11 is 0. The first-order chi connectivity index (χ1) is 16.7. The van der Waals surface area contributed by atoms with Gasteiger partial charge in [0, 0.05) is 44.3 Å². The van der Waals surface area contributed by atoms with Gasteiger partial charge in [-0.1, -0.05) is 0 Å². The molecule has 184 valence electrons. The molecule has 0 radical (unpaired) electrons. The molecule has 2 unspecified atom stereocenters. The Kier molecular flexibility index (Phi) is 7.29. The minimum absolute atomic E-state index is 0.106. The molecule has 34 heavy (non-hydrogen) atoms. The molecule has 0 aromatic heterocycles.